The normalized spacial score (nSPS) is 14.2. The molecule has 0 aliphatic carbocycles. The van der Waals surface area contributed by atoms with E-state index < -0.39 is 0 Å². The van der Waals surface area contributed by atoms with Gasteiger partial charge in [0.25, 0.3) is 0 Å². The van der Waals surface area contributed by atoms with Gasteiger partial charge in [-0.05, 0) is 55.2 Å². The Labute approximate surface area is 254 Å². The molecule has 0 radical (unpaired) electrons. The summed E-state index contributed by atoms with van der Waals surface area (Å²) in [6.45, 7) is 4.98. The molecule has 1 aliphatic rings. The van der Waals surface area contributed by atoms with E-state index >= 15 is 0 Å². The summed E-state index contributed by atoms with van der Waals surface area (Å²) in [5.74, 6) is 0. The number of amides is 3. The minimum atomic E-state index is -0.301. The van der Waals surface area contributed by atoms with Crippen molar-refractivity contribution in [3.05, 3.63) is 132 Å². The molecule has 222 valence electrons. The predicted molar refractivity (Wildman–Crippen MR) is 172 cm³/mol. The number of para-hydroxylation sites is 2. The summed E-state index contributed by atoms with van der Waals surface area (Å²) in [5.41, 5.74) is 4.02. The standard InChI is InChI=1S/C36H40N4O3/c1-29(39(26-30-14-6-2-7-15-30)27-31-16-8-3-9-17-31)28-43-36(42)38-24-22-34(23-25-38)40(33-20-12-5-13-21-33)35(41)37-32-18-10-4-11-19-32/h2-21,29,34H,22-28H2,1H3,(H,37,41)/t29-/m0/s1. The van der Waals surface area contributed by atoms with Crippen LogP contribution in [0.1, 0.15) is 30.9 Å². The van der Waals surface area contributed by atoms with Crippen molar-refractivity contribution < 1.29 is 14.3 Å². The van der Waals surface area contributed by atoms with E-state index in [0.717, 1.165) is 24.5 Å². The molecule has 0 bridgehead atoms. The summed E-state index contributed by atoms with van der Waals surface area (Å²) in [5, 5.41) is 3.03. The molecule has 1 heterocycles. The van der Waals surface area contributed by atoms with Gasteiger partial charge in [0.1, 0.15) is 6.61 Å². The first-order valence-electron chi connectivity index (χ1n) is 15.0. The lowest BCUT2D eigenvalue weighted by atomic mass is 10.0. The third-order valence-electron chi connectivity index (χ3n) is 7.89. The first-order chi connectivity index (χ1) is 21.1. The number of anilines is 2. The molecular weight excluding hydrogens is 536 g/mol. The SMILES string of the molecule is C[C@@H](COC(=O)N1CCC(N(C(=O)Nc2ccccc2)c2ccccc2)CC1)N(Cc1ccccc1)Cc1ccccc1. The van der Waals surface area contributed by atoms with Crippen molar-refractivity contribution in [2.45, 2.75) is 44.9 Å². The Morgan fingerprint density at radius 2 is 1.26 bits per heavy atom. The van der Waals surface area contributed by atoms with Gasteiger partial charge in [-0.25, -0.2) is 9.59 Å². The number of likely N-dealkylation sites (tertiary alicyclic amines) is 1. The zero-order valence-electron chi connectivity index (χ0n) is 24.7. The zero-order valence-corrected chi connectivity index (χ0v) is 24.7. The van der Waals surface area contributed by atoms with Gasteiger partial charge in [0.2, 0.25) is 0 Å². The Hall–Kier alpha value is -4.62. The van der Waals surface area contributed by atoms with E-state index in [2.05, 4.69) is 65.7 Å². The van der Waals surface area contributed by atoms with Crippen molar-refractivity contribution in [1.82, 2.24) is 9.80 Å². The number of carbonyl (C=O) groups is 2. The smallest absolute Gasteiger partial charge is 0.409 e. The van der Waals surface area contributed by atoms with Crippen LogP contribution >= 0.6 is 0 Å². The van der Waals surface area contributed by atoms with Crippen LogP contribution in [0.5, 0.6) is 0 Å². The van der Waals surface area contributed by atoms with Crippen LogP contribution in [0.15, 0.2) is 121 Å². The maximum atomic E-state index is 13.4. The molecule has 1 fully saturated rings. The van der Waals surface area contributed by atoms with Gasteiger partial charge in [-0.15, -0.1) is 0 Å². The molecule has 1 atom stereocenters. The molecule has 0 aromatic heterocycles. The van der Waals surface area contributed by atoms with Crippen molar-refractivity contribution in [3.63, 3.8) is 0 Å². The highest BCUT2D eigenvalue weighted by atomic mass is 16.6. The monoisotopic (exact) mass is 576 g/mol. The second-order valence-electron chi connectivity index (χ2n) is 11.0. The molecule has 7 nitrogen and oxygen atoms in total. The van der Waals surface area contributed by atoms with Gasteiger partial charge in [-0.2, -0.15) is 0 Å². The molecule has 43 heavy (non-hydrogen) atoms. The number of carbonyl (C=O) groups excluding carboxylic acids is 2. The second-order valence-corrected chi connectivity index (χ2v) is 11.0. The number of urea groups is 1. The first-order valence-corrected chi connectivity index (χ1v) is 15.0. The van der Waals surface area contributed by atoms with Gasteiger partial charge in [0.05, 0.1) is 0 Å². The highest BCUT2D eigenvalue weighted by molar-refractivity contribution is 6.02. The molecule has 7 heteroatoms. The number of nitrogens with one attached hydrogen (secondary N) is 1. The van der Waals surface area contributed by atoms with Crippen LogP contribution in [0, 0.1) is 0 Å². The van der Waals surface area contributed by atoms with E-state index in [1.165, 1.54) is 11.1 Å². The van der Waals surface area contributed by atoms with E-state index in [1.807, 2.05) is 77.7 Å². The molecule has 1 saturated heterocycles. The summed E-state index contributed by atoms with van der Waals surface area (Å²) < 4.78 is 5.86. The average molecular weight is 577 g/mol. The first kappa shape index (κ1) is 29.9. The molecule has 1 N–H and O–H groups in total. The zero-order chi connectivity index (χ0) is 29.9. The molecule has 3 amide bonds. The third-order valence-corrected chi connectivity index (χ3v) is 7.89. The van der Waals surface area contributed by atoms with Crippen LogP contribution in [0.25, 0.3) is 0 Å². The Morgan fingerprint density at radius 3 is 1.79 bits per heavy atom. The summed E-state index contributed by atoms with van der Waals surface area (Å²) in [6.07, 6.45) is 1.02. The Kier molecular flexibility index (Phi) is 10.4. The van der Waals surface area contributed by atoms with Crippen LogP contribution in [0.3, 0.4) is 0 Å². The summed E-state index contributed by atoms with van der Waals surface area (Å²) in [4.78, 5) is 32.5. The number of benzene rings is 4. The van der Waals surface area contributed by atoms with Crippen LogP contribution in [-0.2, 0) is 17.8 Å². The number of hydrogen-bond acceptors (Lipinski definition) is 4. The molecule has 4 aromatic carbocycles. The summed E-state index contributed by atoms with van der Waals surface area (Å²) in [6, 6.07) is 39.7. The quantitative estimate of drug-likeness (QED) is 0.213. The lowest BCUT2D eigenvalue weighted by Gasteiger charge is -2.38. The fourth-order valence-corrected chi connectivity index (χ4v) is 5.49. The van der Waals surface area contributed by atoms with Crippen LogP contribution in [0.2, 0.25) is 0 Å². The van der Waals surface area contributed by atoms with Gasteiger partial charge in [-0.1, -0.05) is 97.1 Å². The van der Waals surface area contributed by atoms with E-state index in [0.29, 0.717) is 32.5 Å². The van der Waals surface area contributed by atoms with Crippen LogP contribution < -0.4 is 10.2 Å². The molecule has 5 rings (SSSR count). The second kappa shape index (κ2) is 15.0. The topological polar surface area (TPSA) is 65.1 Å². The lowest BCUT2D eigenvalue weighted by molar-refractivity contribution is 0.0590. The maximum Gasteiger partial charge on any atom is 0.409 e. The molecule has 0 unspecified atom stereocenters. The number of nitrogens with zero attached hydrogens (tertiary/aromatic N) is 3. The fraction of sp³-hybridized carbons (Fsp3) is 0.278. The highest BCUT2D eigenvalue weighted by Crippen LogP contribution is 2.25. The number of rotatable bonds is 10. The van der Waals surface area contributed by atoms with Crippen molar-refractivity contribution >= 4 is 23.5 Å². The maximum absolute atomic E-state index is 13.4. The van der Waals surface area contributed by atoms with E-state index in [4.69, 9.17) is 4.74 Å². The van der Waals surface area contributed by atoms with Gasteiger partial charge in [0, 0.05) is 49.6 Å². The lowest BCUT2D eigenvalue weighted by Crippen LogP contribution is -2.50. The van der Waals surface area contributed by atoms with E-state index in [9.17, 15) is 9.59 Å². The minimum Gasteiger partial charge on any atom is -0.448 e. The van der Waals surface area contributed by atoms with Gasteiger partial charge in [-0.3, -0.25) is 9.80 Å². The number of piperidine rings is 1. The minimum absolute atomic E-state index is 0.0251. The average Bonchev–Trinajstić information content (AvgIpc) is 3.05. The van der Waals surface area contributed by atoms with E-state index in [1.54, 1.807) is 4.90 Å². The Balaban J connectivity index is 1.17. The van der Waals surface area contributed by atoms with Crippen LogP contribution in [-0.4, -0.2) is 53.7 Å². The third kappa shape index (κ3) is 8.46. The van der Waals surface area contributed by atoms with Crippen molar-refractivity contribution in [3.8, 4) is 0 Å². The van der Waals surface area contributed by atoms with Gasteiger partial charge >= 0.3 is 12.1 Å². The van der Waals surface area contributed by atoms with Crippen LogP contribution in [0.4, 0.5) is 21.0 Å². The molecule has 1 aliphatic heterocycles. The highest BCUT2D eigenvalue weighted by Gasteiger charge is 2.31. The molecular formula is C36H40N4O3. The van der Waals surface area contributed by atoms with Gasteiger partial charge in [0.15, 0.2) is 0 Å². The van der Waals surface area contributed by atoms with E-state index in [-0.39, 0.29) is 24.2 Å². The Morgan fingerprint density at radius 1 is 0.767 bits per heavy atom. The van der Waals surface area contributed by atoms with Gasteiger partial charge < -0.3 is 15.0 Å². The fourth-order valence-electron chi connectivity index (χ4n) is 5.49. The summed E-state index contributed by atoms with van der Waals surface area (Å²) in [7, 11) is 0. The largest absolute Gasteiger partial charge is 0.448 e. The summed E-state index contributed by atoms with van der Waals surface area (Å²) >= 11 is 0. The number of hydrogen-bond donors (Lipinski definition) is 1. The molecule has 4 aromatic rings. The predicted octanol–water partition coefficient (Wildman–Crippen LogP) is 7.42. The van der Waals surface area contributed by atoms with Crippen molar-refractivity contribution in [1.29, 1.82) is 0 Å². The molecule has 0 spiro atoms. The van der Waals surface area contributed by atoms with Crippen molar-refractivity contribution in [2.75, 3.05) is 29.9 Å². The molecule has 0 saturated carbocycles. The number of ether oxygens (including phenoxy) is 1. The van der Waals surface area contributed by atoms with Crippen molar-refractivity contribution in [2.24, 2.45) is 0 Å². The Bertz CT molecular complexity index is 1370.